The first kappa shape index (κ1) is 13.8. The molecule has 0 radical (unpaired) electrons. The van der Waals surface area contributed by atoms with Gasteiger partial charge in [-0.3, -0.25) is 4.90 Å². The second-order valence-corrected chi connectivity index (χ2v) is 4.95. The fourth-order valence-corrected chi connectivity index (χ4v) is 2.47. The van der Waals surface area contributed by atoms with Gasteiger partial charge >= 0.3 is 5.97 Å². The molecule has 1 aromatic carbocycles. The molecule has 0 spiro atoms. The molecule has 0 atom stereocenters. The predicted octanol–water partition coefficient (Wildman–Crippen LogP) is 1.40. The third kappa shape index (κ3) is 2.96. The Bertz CT molecular complexity index is 618. The normalized spacial score (nSPS) is 16.0. The zero-order valence-electron chi connectivity index (χ0n) is 11.6. The van der Waals surface area contributed by atoms with Crippen molar-refractivity contribution in [2.75, 3.05) is 26.3 Å². The summed E-state index contributed by atoms with van der Waals surface area (Å²) in [4.78, 5) is 13.6. The average molecular weight is 287 g/mol. The van der Waals surface area contributed by atoms with Crippen LogP contribution in [0.1, 0.15) is 16.1 Å². The van der Waals surface area contributed by atoms with E-state index in [1.165, 1.54) is 6.20 Å². The predicted molar refractivity (Wildman–Crippen MR) is 76.6 cm³/mol. The molecule has 0 saturated carbocycles. The van der Waals surface area contributed by atoms with Crippen molar-refractivity contribution in [3.63, 3.8) is 0 Å². The molecule has 0 unspecified atom stereocenters. The van der Waals surface area contributed by atoms with Crippen LogP contribution in [0.25, 0.3) is 5.69 Å². The van der Waals surface area contributed by atoms with Gasteiger partial charge in [-0.15, -0.1) is 0 Å². The number of carboxylic acid groups (broad SMARTS) is 1. The molecule has 6 nitrogen and oxygen atoms in total. The van der Waals surface area contributed by atoms with E-state index >= 15 is 0 Å². The van der Waals surface area contributed by atoms with Crippen LogP contribution in [0.15, 0.2) is 36.5 Å². The molecule has 0 bridgehead atoms. The van der Waals surface area contributed by atoms with Crippen molar-refractivity contribution in [1.82, 2.24) is 14.7 Å². The number of rotatable bonds is 4. The summed E-state index contributed by atoms with van der Waals surface area (Å²) in [5.74, 6) is -0.944. The first-order valence-corrected chi connectivity index (χ1v) is 6.91. The third-order valence-corrected chi connectivity index (χ3v) is 3.58. The number of hydrogen-bond acceptors (Lipinski definition) is 4. The highest BCUT2D eigenvalue weighted by Gasteiger charge is 2.21. The number of aromatic carboxylic acids is 1. The quantitative estimate of drug-likeness (QED) is 0.920. The summed E-state index contributed by atoms with van der Waals surface area (Å²) in [5.41, 5.74) is 1.83. The lowest BCUT2D eigenvalue weighted by atomic mass is 10.2. The van der Waals surface area contributed by atoms with Crippen LogP contribution in [0.5, 0.6) is 0 Å². The van der Waals surface area contributed by atoms with Crippen molar-refractivity contribution in [1.29, 1.82) is 0 Å². The van der Waals surface area contributed by atoms with E-state index in [2.05, 4.69) is 10.00 Å². The lowest BCUT2D eigenvalue weighted by Crippen LogP contribution is -2.36. The molecule has 3 rings (SSSR count). The van der Waals surface area contributed by atoms with Crippen LogP contribution >= 0.6 is 0 Å². The Morgan fingerprint density at radius 1 is 1.24 bits per heavy atom. The van der Waals surface area contributed by atoms with Crippen molar-refractivity contribution < 1.29 is 14.6 Å². The molecule has 1 aliphatic heterocycles. The van der Waals surface area contributed by atoms with Crippen LogP contribution in [0.3, 0.4) is 0 Å². The van der Waals surface area contributed by atoms with Gasteiger partial charge in [-0.05, 0) is 12.1 Å². The minimum absolute atomic E-state index is 0.255. The van der Waals surface area contributed by atoms with E-state index in [0.717, 1.165) is 18.8 Å². The Balaban J connectivity index is 1.95. The number of benzene rings is 1. The summed E-state index contributed by atoms with van der Waals surface area (Å²) in [7, 11) is 0. The summed E-state index contributed by atoms with van der Waals surface area (Å²) in [6, 6.07) is 9.58. The van der Waals surface area contributed by atoms with Crippen LogP contribution in [0.4, 0.5) is 0 Å². The minimum atomic E-state index is -0.944. The number of morpholine rings is 1. The van der Waals surface area contributed by atoms with Gasteiger partial charge in [0.05, 0.1) is 30.8 Å². The molecule has 2 aromatic rings. The maximum absolute atomic E-state index is 11.4. The van der Waals surface area contributed by atoms with Crippen LogP contribution < -0.4 is 0 Å². The molecule has 2 heterocycles. The summed E-state index contributed by atoms with van der Waals surface area (Å²) in [5, 5.41) is 13.6. The van der Waals surface area contributed by atoms with E-state index in [9.17, 15) is 9.90 Å². The lowest BCUT2D eigenvalue weighted by molar-refractivity contribution is 0.0331. The van der Waals surface area contributed by atoms with Gasteiger partial charge in [-0.25, -0.2) is 9.48 Å². The number of ether oxygens (including phenoxy) is 1. The van der Waals surface area contributed by atoms with Crippen LogP contribution in [0, 0.1) is 0 Å². The Hall–Kier alpha value is -2.18. The smallest absolute Gasteiger partial charge is 0.339 e. The highest BCUT2D eigenvalue weighted by Crippen LogP contribution is 2.17. The molecule has 0 aliphatic carbocycles. The number of hydrogen-bond donors (Lipinski definition) is 1. The third-order valence-electron chi connectivity index (χ3n) is 3.58. The first-order chi connectivity index (χ1) is 10.3. The lowest BCUT2D eigenvalue weighted by Gasteiger charge is -2.27. The van der Waals surface area contributed by atoms with Crippen molar-refractivity contribution in [3.05, 3.63) is 47.8 Å². The largest absolute Gasteiger partial charge is 0.478 e. The maximum atomic E-state index is 11.4. The second-order valence-electron chi connectivity index (χ2n) is 4.95. The maximum Gasteiger partial charge on any atom is 0.339 e. The minimum Gasteiger partial charge on any atom is -0.478 e. The average Bonchev–Trinajstić information content (AvgIpc) is 2.93. The van der Waals surface area contributed by atoms with Gasteiger partial charge in [0.1, 0.15) is 5.56 Å². The first-order valence-electron chi connectivity index (χ1n) is 6.91. The summed E-state index contributed by atoms with van der Waals surface area (Å²) < 4.78 is 7.04. The molecule has 1 saturated heterocycles. The number of carboxylic acids is 1. The van der Waals surface area contributed by atoms with Gasteiger partial charge < -0.3 is 9.84 Å². The second kappa shape index (κ2) is 6.07. The molecule has 6 heteroatoms. The Labute approximate surface area is 122 Å². The van der Waals surface area contributed by atoms with Crippen LogP contribution in [0.2, 0.25) is 0 Å². The molecule has 110 valence electrons. The Kier molecular flexibility index (Phi) is 3.98. The molecule has 0 amide bonds. The molecule has 1 aromatic heterocycles. The van der Waals surface area contributed by atoms with Gasteiger partial charge in [0.15, 0.2) is 0 Å². The van der Waals surface area contributed by atoms with E-state index in [1.54, 1.807) is 4.68 Å². The van der Waals surface area contributed by atoms with Crippen molar-refractivity contribution >= 4 is 5.97 Å². The fraction of sp³-hybridized carbons (Fsp3) is 0.333. The number of aromatic nitrogens is 2. The summed E-state index contributed by atoms with van der Waals surface area (Å²) in [6.07, 6.45) is 1.42. The topological polar surface area (TPSA) is 67.6 Å². The Morgan fingerprint density at radius 2 is 1.95 bits per heavy atom. The highest BCUT2D eigenvalue weighted by molar-refractivity contribution is 5.88. The molecular weight excluding hydrogens is 270 g/mol. The zero-order valence-corrected chi connectivity index (χ0v) is 11.6. The van der Waals surface area contributed by atoms with E-state index in [4.69, 9.17) is 4.74 Å². The van der Waals surface area contributed by atoms with Gasteiger partial charge in [0.25, 0.3) is 0 Å². The summed E-state index contributed by atoms with van der Waals surface area (Å²) >= 11 is 0. The van der Waals surface area contributed by atoms with Crippen LogP contribution in [-0.4, -0.2) is 52.1 Å². The SMILES string of the molecule is O=C(O)c1cnn(-c2ccccc2)c1CN1CCOCC1. The monoisotopic (exact) mass is 287 g/mol. The zero-order chi connectivity index (χ0) is 14.7. The number of carbonyl (C=O) groups is 1. The van der Waals surface area contributed by atoms with Crippen molar-refractivity contribution in [3.8, 4) is 5.69 Å². The molecule has 1 fully saturated rings. The van der Waals surface area contributed by atoms with Gasteiger partial charge in [0, 0.05) is 19.6 Å². The number of para-hydroxylation sites is 1. The van der Waals surface area contributed by atoms with E-state index in [1.807, 2.05) is 30.3 Å². The number of nitrogens with zero attached hydrogens (tertiary/aromatic N) is 3. The van der Waals surface area contributed by atoms with Crippen molar-refractivity contribution in [2.45, 2.75) is 6.54 Å². The molecule has 1 N–H and O–H groups in total. The van der Waals surface area contributed by atoms with Gasteiger partial charge in [0.2, 0.25) is 0 Å². The van der Waals surface area contributed by atoms with E-state index in [0.29, 0.717) is 25.5 Å². The van der Waals surface area contributed by atoms with Gasteiger partial charge in [-0.1, -0.05) is 18.2 Å². The van der Waals surface area contributed by atoms with Crippen molar-refractivity contribution in [2.24, 2.45) is 0 Å². The molecule has 1 aliphatic rings. The highest BCUT2D eigenvalue weighted by atomic mass is 16.5. The Morgan fingerprint density at radius 3 is 2.62 bits per heavy atom. The molecular formula is C15H17N3O3. The molecule has 21 heavy (non-hydrogen) atoms. The van der Waals surface area contributed by atoms with Gasteiger partial charge in [-0.2, -0.15) is 5.10 Å². The summed E-state index contributed by atoms with van der Waals surface area (Å²) in [6.45, 7) is 3.53. The van der Waals surface area contributed by atoms with E-state index < -0.39 is 5.97 Å². The van der Waals surface area contributed by atoms with Crippen LogP contribution in [-0.2, 0) is 11.3 Å². The fourth-order valence-electron chi connectivity index (χ4n) is 2.47. The van der Waals surface area contributed by atoms with E-state index in [-0.39, 0.29) is 5.56 Å². The standard InChI is InChI=1S/C15H17N3O3/c19-15(20)13-10-16-18(12-4-2-1-3-5-12)14(13)11-17-6-8-21-9-7-17/h1-5,10H,6-9,11H2,(H,19,20).